The number of hydrogen-bond acceptors (Lipinski definition) is 6. The Bertz CT molecular complexity index is 1170. The van der Waals surface area contributed by atoms with Crippen LogP contribution >= 0.6 is 0 Å². The number of rotatable bonds is 3. The van der Waals surface area contributed by atoms with Crippen molar-refractivity contribution in [2.24, 2.45) is 5.10 Å². The summed E-state index contributed by atoms with van der Waals surface area (Å²) in [5, 5.41) is 26.1. The molecule has 8 nitrogen and oxygen atoms in total. The Morgan fingerprint density at radius 3 is 2.48 bits per heavy atom. The average Bonchev–Trinajstić information content (AvgIpc) is 2.65. The van der Waals surface area contributed by atoms with E-state index in [1.54, 1.807) is 30.3 Å². The van der Waals surface area contributed by atoms with Crippen molar-refractivity contribution in [1.29, 1.82) is 0 Å². The monoisotopic (exact) mass is 361 g/mol. The minimum absolute atomic E-state index is 0.0148. The molecule has 0 atom stereocenters. The number of hydrogen-bond donors (Lipinski definition) is 1. The number of imide groups is 1. The molecule has 27 heavy (non-hydrogen) atoms. The molecule has 0 aromatic heterocycles. The minimum atomic E-state index is -0.746. The normalized spacial score (nSPS) is 13.6. The van der Waals surface area contributed by atoms with Gasteiger partial charge in [0.05, 0.1) is 22.3 Å². The highest BCUT2D eigenvalue weighted by Crippen LogP contribution is 2.33. The van der Waals surface area contributed by atoms with Gasteiger partial charge in [-0.15, -0.1) is 0 Å². The highest BCUT2D eigenvalue weighted by molar-refractivity contribution is 6.25. The molecule has 3 aromatic carbocycles. The summed E-state index contributed by atoms with van der Waals surface area (Å²) in [4.78, 5) is 36.1. The molecule has 3 aromatic rings. The fourth-order valence-electron chi connectivity index (χ4n) is 3.02. The molecule has 1 aliphatic rings. The first-order valence-corrected chi connectivity index (χ1v) is 7.88. The molecule has 1 heterocycles. The van der Waals surface area contributed by atoms with Gasteiger partial charge in [0.15, 0.2) is 0 Å². The van der Waals surface area contributed by atoms with Crippen LogP contribution in [0, 0.1) is 10.1 Å². The number of carbonyl (C=O) groups is 2. The van der Waals surface area contributed by atoms with Crippen molar-refractivity contribution >= 4 is 34.5 Å². The van der Waals surface area contributed by atoms with Gasteiger partial charge >= 0.3 is 0 Å². The van der Waals surface area contributed by atoms with Crippen molar-refractivity contribution in [1.82, 2.24) is 5.01 Å². The third kappa shape index (κ3) is 2.69. The van der Waals surface area contributed by atoms with Gasteiger partial charge in [-0.3, -0.25) is 19.7 Å². The number of non-ortho nitro benzene ring substituents is 1. The van der Waals surface area contributed by atoms with Crippen molar-refractivity contribution in [3.8, 4) is 5.75 Å². The lowest BCUT2D eigenvalue weighted by molar-refractivity contribution is -0.384. The van der Waals surface area contributed by atoms with Gasteiger partial charge in [-0.05, 0) is 29.1 Å². The highest BCUT2D eigenvalue weighted by Gasteiger charge is 2.34. The summed E-state index contributed by atoms with van der Waals surface area (Å²) in [6.45, 7) is 0. The first-order chi connectivity index (χ1) is 13.0. The van der Waals surface area contributed by atoms with Crippen LogP contribution in [0.25, 0.3) is 10.8 Å². The van der Waals surface area contributed by atoms with E-state index in [-0.39, 0.29) is 22.6 Å². The molecule has 4 rings (SSSR count). The predicted molar refractivity (Wildman–Crippen MR) is 96.8 cm³/mol. The topological polar surface area (TPSA) is 113 Å². The van der Waals surface area contributed by atoms with E-state index in [2.05, 4.69) is 5.10 Å². The molecule has 0 saturated heterocycles. The molecule has 1 aliphatic heterocycles. The van der Waals surface area contributed by atoms with Crippen LogP contribution in [0.1, 0.15) is 26.3 Å². The second-order valence-corrected chi connectivity index (χ2v) is 5.92. The van der Waals surface area contributed by atoms with E-state index in [1.807, 2.05) is 0 Å². The molecule has 0 spiro atoms. The number of aromatic hydroxyl groups is 1. The molecule has 2 amide bonds. The summed E-state index contributed by atoms with van der Waals surface area (Å²) in [6, 6.07) is 13.4. The SMILES string of the molecule is O=C1c2cccc3cc([N+](=O)[O-])cc(c23)C(=O)N1N=Cc1cccc(O)c1. The molecule has 0 fully saturated rings. The van der Waals surface area contributed by atoms with Crippen LogP contribution in [-0.4, -0.2) is 33.1 Å². The second-order valence-electron chi connectivity index (χ2n) is 5.92. The van der Waals surface area contributed by atoms with Gasteiger partial charge < -0.3 is 5.11 Å². The Morgan fingerprint density at radius 1 is 1.00 bits per heavy atom. The van der Waals surface area contributed by atoms with E-state index in [9.17, 15) is 24.8 Å². The first-order valence-electron chi connectivity index (χ1n) is 7.88. The maximum Gasteiger partial charge on any atom is 0.282 e. The number of amides is 2. The summed E-state index contributed by atoms with van der Waals surface area (Å²) in [6.07, 6.45) is 1.26. The lowest BCUT2D eigenvalue weighted by atomic mass is 9.94. The number of nitro groups is 1. The quantitative estimate of drug-likeness (QED) is 0.333. The van der Waals surface area contributed by atoms with Gasteiger partial charge in [-0.1, -0.05) is 24.3 Å². The Kier molecular flexibility index (Phi) is 3.66. The zero-order valence-electron chi connectivity index (χ0n) is 13.7. The molecule has 0 bridgehead atoms. The van der Waals surface area contributed by atoms with Gasteiger partial charge in [0.2, 0.25) is 0 Å². The first kappa shape index (κ1) is 16.4. The standard InChI is InChI=1S/C19H11N3O5/c23-14-5-1-3-11(7-14)10-20-21-18(24)15-6-2-4-12-8-13(22(26)27)9-16(17(12)15)19(21)25/h1-10,23H. The maximum absolute atomic E-state index is 12.8. The van der Waals surface area contributed by atoms with E-state index < -0.39 is 16.7 Å². The smallest absolute Gasteiger partial charge is 0.282 e. The Hall–Kier alpha value is -4.07. The van der Waals surface area contributed by atoms with Crippen LogP contribution in [-0.2, 0) is 0 Å². The Labute approximate surface area is 152 Å². The molecule has 132 valence electrons. The zero-order valence-corrected chi connectivity index (χ0v) is 13.7. The lowest BCUT2D eigenvalue weighted by Gasteiger charge is -2.22. The van der Waals surface area contributed by atoms with Gasteiger partial charge in [-0.2, -0.15) is 10.1 Å². The molecule has 8 heteroatoms. The van der Waals surface area contributed by atoms with Crippen molar-refractivity contribution in [2.45, 2.75) is 0 Å². The number of nitro benzene ring substituents is 1. The fraction of sp³-hybridized carbons (Fsp3) is 0. The fourth-order valence-corrected chi connectivity index (χ4v) is 3.02. The van der Waals surface area contributed by atoms with E-state index in [4.69, 9.17) is 0 Å². The summed E-state index contributed by atoms with van der Waals surface area (Å²) >= 11 is 0. The molecule has 1 N–H and O–H groups in total. The number of nitrogens with zero attached hydrogens (tertiary/aromatic N) is 3. The number of carbonyl (C=O) groups excluding carboxylic acids is 2. The van der Waals surface area contributed by atoms with Crippen molar-refractivity contribution in [3.05, 3.63) is 81.4 Å². The number of benzene rings is 3. The molecule has 0 unspecified atom stereocenters. The van der Waals surface area contributed by atoms with Crippen molar-refractivity contribution < 1.29 is 19.6 Å². The third-order valence-electron chi connectivity index (χ3n) is 4.21. The summed E-state index contributed by atoms with van der Waals surface area (Å²) in [7, 11) is 0. The van der Waals surface area contributed by atoms with Crippen LogP contribution in [0.4, 0.5) is 5.69 Å². The third-order valence-corrected chi connectivity index (χ3v) is 4.21. The van der Waals surface area contributed by atoms with Crippen LogP contribution in [0.15, 0.2) is 59.7 Å². The van der Waals surface area contributed by atoms with Crippen molar-refractivity contribution in [2.75, 3.05) is 0 Å². The van der Waals surface area contributed by atoms with Crippen LogP contribution in [0.5, 0.6) is 5.75 Å². The van der Waals surface area contributed by atoms with Crippen LogP contribution < -0.4 is 0 Å². The van der Waals surface area contributed by atoms with E-state index in [0.29, 0.717) is 21.3 Å². The van der Waals surface area contributed by atoms with Crippen LogP contribution in [0.3, 0.4) is 0 Å². The van der Waals surface area contributed by atoms with Gasteiger partial charge in [0.25, 0.3) is 17.5 Å². The molecule has 0 saturated carbocycles. The Morgan fingerprint density at radius 2 is 1.74 bits per heavy atom. The molecule has 0 radical (unpaired) electrons. The summed E-state index contributed by atoms with van der Waals surface area (Å²) in [5.41, 5.74) is 0.528. The van der Waals surface area contributed by atoms with Gasteiger partial charge in [0.1, 0.15) is 5.75 Å². The summed E-state index contributed by atoms with van der Waals surface area (Å²) in [5.74, 6) is -1.35. The predicted octanol–water partition coefficient (Wildman–Crippen LogP) is 3.08. The lowest BCUT2D eigenvalue weighted by Crippen LogP contribution is -2.36. The molecular weight excluding hydrogens is 350 g/mol. The van der Waals surface area contributed by atoms with Gasteiger partial charge in [-0.25, -0.2) is 0 Å². The van der Waals surface area contributed by atoms with Gasteiger partial charge in [0, 0.05) is 17.5 Å². The van der Waals surface area contributed by atoms with Crippen molar-refractivity contribution in [3.63, 3.8) is 0 Å². The largest absolute Gasteiger partial charge is 0.508 e. The van der Waals surface area contributed by atoms with E-state index in [1.165, 1.54) is 24.4 Å². The second kappa shape index (κ2) is 6.03. The number of phenols is 1. The average molecular weight is 361 g/mol. The van der Waals surface area contributed by atoms with E-state index in [0.717, 1.165) is 6.07 Å². The summed E-state index contributed by atoms with van der Waals surface area (Å²) < 4.78 is 0. The molecular formula is C19H11N3O5. The molecule has 0 aliphatic carbocycles. The highest BCUT2D eigenvalue weighted by atomic mass is 16.6. The van der Waals surface area contributed by atoms with E-state index >= 15 is 0 Å². The van der Waals surface area contributed by atoms with Crippen LogP contribution in [0.2, 0.25) is 0 Å². The Balaban J connectivity index is 1.84. The number of hydrazone groups is 1. The number of phenolic OH excluding ortho intramolecular Hbond substituents is 1. The zero-order chi connectivity index (χ0) is 19.1. The minimum Gasteiger partial charge on any atom is -0.508 e. The maximum atomic E-state index is 12.8.